The molecule has 0 heterocycles. The van der Waals surface area contributed by atoms with Crippen LogP contribution in [0.3, 0.4) is 0 Å². The van der Waals surface area contributed by atoms with Crippen molar-refractivity contribution in [3.63, 3.8) is 0 Å². The summed E-state index contributed by atoms with van der Waals surface area (Å²) in [5.41, 5.74) is 1.70. The van der Waals surface area contributed by atoms with Crippen molar-refractivity contribution in [3.05, 3.63) is 78.6 Å². The topological polar surface area (TPSA) is 71.1 Å². The van der Waals surface area contributed by atoms with Crippen LogP contribution in [0, 0.1) is 0 Å². The Morgan fingerprint density at radius 1 is 0.706 bits per heavy atom. The van der Waals surface area contributed by atoms with Gasteiger partial charge in [-0.3, -0.25) is 0 Å². The minimum atomic E-state index is -0.443. The smallest absolute Gasteiger partial charge is 0.330 e. The lowest BCUT2D eigenvalue weighted by atomic mass is 9.78. The SMILES string of the molecule is C=CC(=O)OC(COc1c(Br)cc(C(C)(C)c2cc(Br)c(OCC(CSC3CCCCC3)OC(=O)C=C)c(Br)c2)cc1Br)CSC1CCCCC1.[HH].[HH]. The van der Waals surface area contributed by atoms with E-state index in [0.29, 0.717) is 33.5 Å². The average molecular weight is 1000 g/mol. The van der Waals surface area contributed by atoms with E-state index in [4.69, 9.17) is 18.9 Å². The molecule has 2 unspecified atom stereocenters. The molecule has 0 N–H and O–H groups in total. The summed E-state index contributed by atoms with van der Waals surface area (Å²) in [5, 5.41) is 1.19. The number of carbonyl (C=O) groups excluding carboxylic acids is 2. The predicted molar refractivity (Wildman–Crippen MR) is 230 cm³/mol. The Hall–Kier alpha value is -0.920. The van der Waals surface area contributed by atoms with Gasteiger partial charge >= 0.3 is 11.9 Å². The third kappa shape index (κ3) is 13.1. The van der Waals surface area contributed by atoms with Crippen LogP contribution in [0.5, 0.6) is 11.5 Å². The van der Waals surface area contributed by atoms with Gasteiger partial charge in [0.2, 0.25) is 0 Å². The molecule has 12 heteroatoms. The molecule has 2 atom stereocenters. The van der Waals surface area contributed by atoms with E-state index in [9.17, 15) is 9.59 Å². The molecular formula is C39H52Br4O6S2. The van der Waals surface area contributed by atoms with E-state index >= 15 is 0 Å². The van der Waals surface area contributed by atoms with Gasteiger partial charge in [-0.1, -0.05) is 65.5 Å². The minimum Gasteiger partial charge on any atom is -0.487 e. The molecule has 0 radical (unpaired) electrons. The van der Waals surface area contributed by atoms with Crippen LogP contribution in [-0.4, -0.2) is 59.4 Å². The number of halogens is 4. The van der Waals surface area contributed by atoms with Gasteiger partial charge in [-0.25, -0.2) is 9.59 Å². The van der Waals surface area contributed by atoms with E-state index in [1.807, 2.05) is 23.5 Å². The first-order chi connectivity index (χ1) is 24.4. The molecule has 2 fully saturated rings. The molecule has 2 saturated carbocycles. The number of hydrogen-bond acceptors (Lipinski definition) is 8. The summed E-state index contributed by atoms with van der Waals surface area (Å²) in [4.78, 5) is 24.2. The van der Waals surface area contributed by atoms with Gasteiger partial charge in [0.1, 0.15) is 36.9 Å². The quantitative estimate of drug-likeness (QED) is 0.108. The average Bonchev–Trinajstić information content (AvgIpc) is 3.12. The van der Waals surface area contributed by atoms with Crippen LogP contribution in [0.1, 0.15) is 92.0 Å². The maximum atomic E-state index is 12.1. The maximum Gasteiger partial charge on any atom is 0.330 e. The summed E-state index contributed by atoms with van der Waals surface area (Å²) < 4.78 is 27.1. The van der Waals surface area contributed by atoms with E-state index in [2.05, 4.69) is 115 Å². The summed E-state index contributed by atoms with van der Waals surface area (Å²) in [6.45, 7) is 11.9. The molecule has 0 saturated heterocycles. The number of rotatable bonds is 18. The van der Waals surface area contributed by atoms with Gasteiger partial charge in [0.25, 0.3) is 0 Å². The van der Waals surface area contributed by atoms with Gasteiger partial charge in [0.05, 0.1) is 17.9 Å². The van der Waals surface area contributed by atoms with Crippen molar-refractivity contribution < 1.29 is 31.4 Å². The summed E-state index contributed by atoms with van der Waals surface area (Å²) >= 11 is 18.7. The van der Waals surface area contributed by atoms with Crippen LogP contribution in [0.15, 0.2) is 67.5 Å². The molecule has 0 spiro atoms. The van der Waals surface area contributed by atoms with E-state index in [1.165, 1.54) is 76.4 Å². The summed E-state index contributed by atoms with van der Waals surface area (Å²) in [5.74, 6) is 1.76. The van der Waals surface area contributed by atoms with E-state index in [0.717, 1.165) is 29.0 Å². The number of thioether (sulfide) groups is 2. The Kier molecular flexibility index (Phi) is 17.8. The third-order valence-electron chi connectivity index (χ3n) is 9.31. The van der Waals surface area contributed by atoms with Crippen molar-refractivity contribution in [1.82, 2.24) is 0 Å². The molecule has 0 aromatic heterocycles. The Morgan fingerprint density at radius 3 is 1.35 bits per heavy atom. The van der Waals surface area contributed by atoms with Crippen molar-refractivity contribution in [3.8, 4) is 11.5 Å². The van der Waals surface area contributed by atoms with Crippen LogP contribution in [0.25, 0.3) is 0 Å². The number of ether oxygens (including phenoxy) is 4. The Bertz CT molecular complexity index is 1360. The molecular weight excluding hydrogens is 948 g/mol. The van der Waals surface area contributed by atoms with E-state index in [1.54, 1.807) is 0 Å². The molecule has 4 rings (SSSR count). The minimum absolute atomic E-state index is 0. The van der Waals surface area contributed by atoms with Crippen LogP contribution >= 0.6 is 87.2 Å². The van der Waals surface area contributed by atoms with Gasteiger partial charge in [-0.05, 0) is 125 Å². The lowest BCUT2D eigenvalue weighted by molar-refractivity contribution is -0.144. The van der Waals surface area contributed by atoms with Crippen LogP contribution < -0.4 is 9.47 Å². The van der Waals surface area contributed by atoms with Crippen LogP contribution in [-0.2, 0) is 24.5 Å². The fourth-order valence-electron chi connectivity index (χ4n) is 6.24. The number of carbonyl (C=O) groups is 2. The Balaban J connectivity index is 0.00000486. The second-order valence-electron chi connectivity index (χ2n) is 13.5. The molecule has 2 aromatic rings. The van der Waals surface area contributed by atoms with Crippen LogP contribution in [0.4, 0.5) is 0 Å². The zero-order valence-corrected chi connectivity index (χ0v) is 37.3. The van der Waals surface area contributed by atoms with Crippen molar-refractivity contribution in [2.45, 2.75) is 106 Å². The highest BCUT2D eigenvalue weighted by atomic mass is 79.9. The van der Waals surface area contributed by atoms with Crippen molar-refractivity contribution in [2.75, 3.05) is 24.7 Å². The molecule has 0 amide bonds. The fraction of sp³-hybridized carbons (Fsp3) is 0.538. The van der Waals surface area contributed by atoms with Crippen LogP contribution in [0.2, 0.25) is 0 Å². The molecule has 2 aromatic carbocycles. The summed E-state index contributed by atoms with van der Waals surface area (Å²) in [6.07, 6.45) is 14.1. The highest BCUT2D eigenvalue weighted by Gasteiger charge is 2.29. The second kappa shape index (κ2) is 21.2. The Labute approximate surface area is 348 Å². The normalized spacial score (nSPS) is 16.9. The van der Waals surface area contributed by atoms with Crippen molar-refractivity contribution in [1.29, 1.82) is 0 Å². The summed E-state index contributed by atoms with van der Waals surface area (Å²) in [7, 11) is 0. The lowest BCUT2D eigenvalue weighted by Gasteiger charge is -2.29. The molecule has 51 heavy (non-hydrogen) atoms. The highest BCUT2D eigenvalue weighted by molar-refractivity contribution is 9.11. The molecule has 0 bridgehead atoms. The molecule has 6 nitrogen and oxygen atoms in total. The van der Waals surface area contributed by atoms with Gasteiger partial charge in [0.15, 0.2) is 0 Å². The number of hydrogen-bond donors (Lipinski definition) is 0. The maximum absolute atomic E-state index is 12.1. The first kappa shape index (κ1) is 42.8. The first-order valence-corrected chi connectivity index (χ1v) is 22.8. The molecule has 2 aliphatic rings. The first-order valence-electron chi connectivity index (χ1n) is 17.5. The fourth-order valence-corrected chi connectivity index (χ4v) is 11.7. The third-order valence-corrected chi connectivity index (χ3v) is 14.7. The summed E-state index contributed by atoms with van der Waals surface area (Å²) in [6, 6.07) is 8.26. The highest BCUT2D eigenvalue weighted by Crippen LogP contribution is 2.44. The molecule has 2 aliphatic carbocycles. The second-order valence-corrected chi connectivity index (χ2v) is 19.6. The monoisotopic (exact) mass is 996 g/mol. The van der Waals surface area contributed by atoms with Crippen molar-refractivity contribution in [2.24, 2.45) is 0 Å². The zero-order chi connectivity index (χ0) is 37.0. The van der Waals surface area contributed by atoms with Gasteiger partial charge < -0.3 is 18.9 Å². The van der Waals surface area contributed by atoms with Gasteiger partial charge in [-0.15, -0.1) is 0 Å². The largest absolute Gasteiger partial charge is 0.487 e. The van der Waals surface area contributed by atoms with Gasteiger partial charge in [-0.2, -0.15) is 23.5 Å². The van der Waals surface area contributed by atoms with Gasteiger partial charge in [0, 0.05) is 42.4 Å². The zero-order valence-electron chi connectivity index (χ0n) is 29.4. The van der Waals surface area contributed by atoms with E-state index in [-0.39, 0.29) is 16.1 Å². The Morgan fingerprint density at radius 2 is 1.04 bits per heavy atom. The van der Waals surface area contributed by atoms with E-state index < -0.39 is 29.6 Å². The predicted octanol–water partition coefficient (Wildman–Crippen LogP) is 12.6. The molecule has 0 aliphatic heterocycles. The number of esters is 2. The molecule has 284 valence electrons. The van der Waals surface area contributed by atoms with Crippen molar-refractivity contribution >= 4 is 99.2 Å². The standard InChI is InChI=1S/C39H48Br4O6S2.2H2/c1-5-35(44)48-27(23-50-29-13-9-7-10-14-29)21-46-37-31(40)17-25(18-32(37)41)39(3,4)26-19-33(42)38(34(43)20-26)47-22-28(49-36(45)6-2)24-51-30-15-11-8-12-16-30;;/h5-6,17-20,27-30H,1-2,7-16,21-24H2,3-4H3;2*1H. The number of benzene rings is 2. The lowest BCUT2D eigenvalue weighted by Crippen LogP contribution is -2.28.